The van der Waals surface area contributed by atoms with Gasteiger partial charge >= 0.3 is 5.51 Å². The quantitative estimate of drug-likeness (QED) is 0.492. The lowest BCUT2D eigenvalue weighted by molar-refractivity contribution is -0.0329. The Morgan fingerprint density at radius 3 is 2.46 bits per heavy atom. The Kier molecular flexibility index (Phi) is 6.70. The van der Waals surface area contributed by atoms with Gasteiger partial charge in [0.05, 0.1) is 10.9 Å². The minimum Gasteiger partial charge on any atom is -0.359 e. The van der Waals surface area contributed by atoms with Gasteiger partial charge in [-0.15, -0.1) is 0 Å². The van der Waals surface area contributed by atoms with Crippen molar-refractivity contribution in [1.29, 1.82) is 0 Å². The number of anilines is 1. The Morgan fingerprint density at radius 1 is 1.25 bits per heavy atom. The van der Waals surface area contributed by atoms with Crippen LogP contribution >= 0.6 is 11.8 Å². The van der Waals surface area contributed by atoms with E-state index < -0.39 is 45.5 Å². The van der Waals surface area contributed by atoms with Crippen molar-refractivity contribution >= 4 is 23.6 Å². The van der Waals surface area contributed by atoms with E-state index in [-0.39, 0.29) is 17.6 Å². The molecule has 2 aromatic rings. The first-order chi connectivity index (χ1) is 13.0. The number of amides is 1. The number of benzene rings is 1. The molecule has 0 saturated carbocycles. The second-order valence-corrected chi connectivity index (χ2v) is 7.27. The molecule has 0 bridgehead atoms. The number of aromatic amines is 1. The number of rotatable bonds is 6. The monoisotopic (exact) mass is 418 g/mol. The largest absolute Gasteiger partial charge is 0.446 e. The minimum atomic E-state index is -4.61. The van der Waals surface area contributed by atoms with Crippen molar-refractivity contribution in [2.45, 2.75) is 30.3 Å². The Hall–Kier alpha value is -2.56. The van der Waals surface area contributed by atoms with Gasteiger partial charge in [-0.1, -0.05) is 19.9 Å². The number of thioether (sulfide) groups is 1. The molecule has 0 aliphatic heterocycles. The highest BCUT2D eigenvalue weighted by Crippen LogP contribution is 2.39. The second kappa shape index (κ2) is 8.63. The normalized spacial score (nSPS) is 12.7. The fraction of sp³-hybridized carbons (Fsp3) is 0.353. The summed E-state index contributed by atoms with van der Waals surface area (Å²) in [5, 5.41) is 5.26. The molecule has 6 nitrogen and oxygen atoms in total. The maximum Gasteiger partial charge on any atom is 0.446 e. The Bertz CT molecular complexity index is 915. The zero-order chi connectivity index (χ0) is 21.1. The molecule has 2 rings (SSSR count). The number of halogens is 4. The highest BCUT2D eigenvalue weighted by atomic mass is 32.2. The molecule has 1 atom stereocenters. The van der Waals surface area contributed by atoms with Crippen molar-refractivity contribution in [2.75, 3.05) is 12.4 Å². The number of nitrogens with one attached hydrogen (secondary N) is 3. The first-order valence-electron chi connectivity index (χ1n) is 8.15. The third-order valence-electron chi connectivity index (χ3n) is 3.71. The molecule has 1 aromatic carbocycles. The zero-order valence-electron chi connectivity index (χ0n) is 15.1. The third-order valence-corrected chi connectivity index (χ3v) is 4.49. The summed E-state index contributed by atoms with van der Waals surface area (Å²) in [6.45, 7) is 3.51. The van der Waals surface area contributed by atoms with Gasteiger partial charge < -0.3 is 10.6 Å². The van der Waals surface area contributed by atoms with Gasteiger partial charge in [0.15, 0.2) is 0 Å². The molecule has 11 heteroatoms. The molecule has 0 aliphatic rings. The SMILES string of the molecule is CNc1nc(C(=O)NC(c2ccc(SC(F)(F)F)c(F)c2)C(C)C)cc(=O)[nH]1. The summed E-state index contributed by atoms with van der Waals surface area (Å²) >= 11 is -0.545. The average molecular weight is 418 g/mol. The van der Waals surface area contributed by atoms with Crippen LogP contribution in [0.1, 0.15) is 35.9 Å². The van der Waals surface area contributed by atoms with Gasteiger partial charge in [0, 0.05) is 13.1 Å². The number of hydrogen-bond acceptors (Lipinski definition) is 5. The van der Waals surface area contributed by atoms with Crippen LogP contribution < -0.4 is 16.2 Å². The van der Waals surface area contributed by atoms with E-state index in [1.165, 1.54) is 13.1 Å². The predicted molar refractivity (Wildman–Crippen MR) is 97.8 cm³/mol. The van der Waals surface area contributed by atoms with Crippen molar-refractivity contribution in [1.82, 2.24) is 15.3 Å². The lowest BCUT2D eigenvalue weighted by Gasteiger charge is -2.23. The molecular weight excluding hydrogens is 400 g/mol. The van der Waals surface area contributed by atoms with Crippen LogP contribution in [-0.4, -0.2) is 28.4 Å². The smallest absolute Gasteiger partial charge is 0.359 e. The molecular formula is C17H18F4N4O2S. The Balaban J connectivity index is 2.29. The van der Waals surface area contributed by atoms with Crippen LogP contribution in [0.3, 0.4) is 0 Å². The van der Waals surface area contributed by atoms with Crippen LogP contribution in [0.5, 0.6) is 0 Å². The Morgan fingerprint density at radius 2 is 1.93 bits per heavy atom. The first kappa shape index (κ1) is 21.7. The van der Waals surface area contributed by atoms with Crippen LogP contribution in [0.2, 0.25) is 0 Å². The maximum atomic E-state index is 14.1. The predicted octanol–water partition coefficient (Wildman–Crippen LogP) is 3.69. The van der Waals surface area contributed by atoms with E-state index in [0.717, 1.165) is 18.2 Å². The van der Waals surface area contributed by atoms with Crippen LogP contribution in [0, 0.1) is 11.7 Å². The molecule has 152 valence electrons. The van der Waals surface area contributed by atoms with E-state index in [1.54, 1.807) is 13.8 Å². The van der Waals surface area contributed by atoms with Gasteiger partial charge in [-0.2, -0.15) is 13.2 Å². The first-order valence-corrected chi connectivity index (χ1v) is 8.97. The van der Waals surface area contributed by atoms with Crippen molar-refractivity contribution in [3.05, 3.63) is 51.7 Å². The van der Waals surface area contributed by atoms with Gasteiger partial charge in [0.2, 0.25) is 5.95 Å². The van der Waals surface area contributed by atoms with Gasteiger partial charge in [-0.25, -0.2) is 9.37 Å². The lowest BCUT2D eigenvalue weighted by atomic mass is 9.95. The van der Waals surface area contributed by atoms with Gasteiger partial charge in [0.1, 0.15) is 11.5 Å². The van der Waals surface area contributed by atoms with Crippen LogP contribution in [0.15, 0.2) is 34.0 Å². The number of nitrogens with zero attached hydrogens (tertiary/aromatic N) is 1. The van der Waals surface area contributed by atoms with Crippen molar-refractivity contribution in [2.24, 2.45) is 5.92 Å². The Labute approximate surface area is 162 Å². The molecule has 0 radical (unpaired) electrons. The summed E-state index contributed by atoms with van der Waals surface area (Å²) in [6, 6.07) is 3.62. The minimum absolute atomic E-state index is 0.0957. The highest BCUT2D eigenvalue weighted by Gasteiger charge is 2.31. The number of alkyl halides is 3. The second-order valence-electron chi connectivity index (χ2n) is 6.16. The van der Waals surface area contributed by atoms with Crippen molar-refractivity contribution in [3.8, 4) is 0 Å². The molecule has 1 heterocycles. The molecule has 1 amide bonds. The number of carbonyl (C=O) groups is 1. The van der Waals surface area contributed by atoms with Gasteiger partial charge in [-0.05, 0) is 35.4 Å². The molecule has 28 heavy (non-hydrogen) atoms. The number of aromatic nitrogens is 2. The van der Waals surface area contributed by atoms with E-state index in [2.05, 4.69) is 20.6 Å². The lowest BCUT2D eigenvalue weighted by Crippen LogP contribution is -2.33. The van der Waals surface area contributed by atoms with Crippen LogP contribution in [0.4, 0.5) is 23.5 Å². The zero-order valence-corrected chi connectivity index (χ0v) is 16.0. The standard InChI is InChI=1S/C17H18F4N4O2S/c1-8(2)14(9-4-5-12(10(18)6-9)28-17(19,20)21)25-15(27)11-7-13(26)24-16(22-3)23-11/h4-8,14H,1-3H3,(H,25,27)(H2,22,23,24,26). The number of hydrogen-bond donors (Lipinski definition) is 3. The third kappa shape index (κ3) is 5.72. The summed E-state index contributed by atoms with van der Waals surface area (Å²) in [5.41, 5.74) is -5.00. The number of H-pyrrole nitrogens is 1. The summed E-state index contributed by atoms with van der Waals surface area (Å²) in [7, 11) is 1.51. The fourth-order valence-electron chi connectivity index (χ4n) is 2.46. The van der Waals surface area contributed by atoms with Crippen molar-refractivity contribution < 1.29 is 22.4 Å². The topological polar surface area (TPSA) is 86.9 Å². The van der Waals surface area contributed by atoms with Crippen molar-refractivity contribution in [3.63, 3.8) is 0 Å². The molecule has 0 spiro atoms. The molecule has 3 N–H and O–H groups in total. The van der Waals surface area contributed by atoms with E-state index in [4.69, 9.17) is 0 Å². The average Bonchev–Trinajstić information content (AvgIpc) is 2.59. The molecule has 1 aromatic heterocycles. The highest BCUT2D eigenvalue weighted by molar-refractivity contribution is 8.00. The molecule has 1 unspecified atom stereocenters. The summed E-state index contributed by atoms with van der Waals surface area (Å²) in [6.07, 6.45) is 0. The van der Waals surface area contributed by atoms with Gasteiger partial charge in [-0.3, -0.25) is 14.6 Å². The van der Waals surface area contributed by atoms with Gasteiger partial charge in [0.25, 0.3) is 11.5 Å². The van der Waals surface area contributed by atoms with E-state index >= 15 is 0 Å². The summed E-state index contributed by atoms with van der Waals surface area (Å²) < 4.78 is 51.5. The van der Waals surface area contributed by atoms with Crippen LogP contribution in [-0.2, 0) is 0 Å². The van der Waals surface area contributed by atoms with E-state index in [9.17, 15) is 27.2 Å². The molecule has 0 aliphatic carbocycles. The van der Waals surface area contributed by atoms with E-state index in [0.29, 0.717) is 5.56 Å². The number of carbonyl (C=O) groups excluding carboxylic acids is 1. The summed E-state index contributed by atoms with van der Waals surface area (Å²) in [5.74, 6) is -1.82. The molecule has 0 saturated heterocycles. The van der Waals surface area contributed by atoms with Crippen LogP contribution in [0.25, 0.3) is 0 Å². The maximum absolute atomic E-state index is 14.1. The van der Waals surface area contributed by atoms with E-state index in [1.807, 2.05) is 0 Å². The molecule has 0 fully saturated rings. The summed E-state index contributed by atoms with van der Waals surface area (Å²) in [4.78, 5) is 29.9. The fourth-order valence-corrected chi connectivity index (χ4v) is 3.00.